The van der Waals surface area contributed by atoms with Crippen molar-refractivity contribution in [1.82, 2.24) is 0 Å². The van der Waals surface area contributed by atoms with E-state index in [1.54, 1.807) is 6.07 Å². The highest BCUT2D eigenvalue weighted by molar-refractivity contribution is 9.10. The fraction of sp³-hybridized carbons (Fsp3) is 0.263. The molecule has 6 heteroatoms. The summed E-state index contributed by atoms with van der Waals surface area (Å²) in [5, 5.41) is 3.06. The summed E-state index contributed by atoms with van der Waals surface area (Å²) < 4.78 is 55.5. The van der Waals surface area contributed by atoms with Crippen molar-refractivity contribution >= 4 is 21.6 Å². The van der Waals surface area contributed by atoms with Crippen LogP contribution in [0, 0.1) is 11.7 Å². The molecule has 1 heterocycles. The molecule has 130 valence electrons. The number of anilines is 1. The van der Waals surface area contributed by atoms with Crippen LogP contribution in [0.2, 0.25) is 0 Å². The highest BCUT2D eigenvalue weighted by Gasteiger charge is 2.43. The molecule has 2 aromatic carbocycles. The lowest BCUT2D eigenvalue weighted by atomic mass is 9.76. The lowest BCUT2D eigenvalue weighted by molar-refractivity contribution is -0.138. The number of rotatable bonds is 1. The van der Waals surface area contributed by atoms with Crippen LogP contribution in [-0.2, 0) is 6.18 Å². The van der Waals surface area contributed by atoms with Gasteiger partial charge in [-0.25, -0.2) is 4.39 Å². The van der Waals surface area contributed by atoms with Gasteiger partial charge < -0.3 is 5.32 Å². The van der Waals surface area contributed by atoms with Crippen molar-refractivity contribution < 1.29 is 17.6 Å². The van der Waals surface area contributed by atoms with Crippen molar-refractivity contribution in [1.29, 1.82) is 0 Å². The van der Waals surface area contributed by atoms with Crippen molar-refractivity contribution in [2.75, 3.05) is 5.32 Å². The van der Waals surface area contributed by atoms with Gasteiger partial charge in [0, 0.05) is 10.4 Å². The second kappa shape index (κ2) is 5.87. The van der Waals surface area contributed by atoms with E-state index in [9.17, 15) is 17.6 Å². The number of halogens is 5. The number of hydrogen-bond acceptors (Lipinski definition) is 1. The Morgan fingerprint density at radius 1 is 1.08 bits per heavy atom. The fourth-order valence-electron chi connectivity index (χ4n) is 3.96. The van der Waals surface area contributed by atoms with Crippen molar-refractivity contribution in [2.24, 2.45) is 5.92 Å². The molecule has 1 aliphatic carbocycles. The zero-order valence-corrected chi connectivity index (χ0v) is 14.5. The van der Waals surface area contributed by atoms with Crippen LogP contribution < -0.4 is 5.32 Å². The van der Waals surface area contributed by atoms with Crippen molar-refractivity contribution in [3.63, 3.8) is 0 Å². The maximum absolute atomic E-state index is 14.5. The fourth-order valence-corrected chi connectivity index (χ4v) is 4.40. The molecule has 2 aromatic rings. The number of benzene rings is 2. The summed E-state index contributed by atoms with van der Waals surface area (Å²) in [5.74, 6) is -0.642. The summed E-state index contributed by atoms with van der Waals surface area (Å²) in [6.07, 6.45) is 0.147. The quantitative estimate of drug-likeness (QED) is 0.420. The minimum atomic E-state index is -4.45. The van der Waals surface area contributed by atoms with E-state index < -0.39 is 23.6 Å². The van der Waals surface area contributed by atoms with Crippen molar-refractivity contribution in [2.45, 2.75) is 24.6 Å². The van der Waals surface area contributed by atoms with Gasteiger partial charge in [0.15, 0.2) is 0 Å². The van der Waals surface area contributed by atoms with Gasteiger partial charge in [-0.15, -0.1) is 0 Å². The van der Waals surface area contributed by atoms with E-state index in [0.717, 1.165) is 11.6 Å². The van der Waals surface area contributed by atoms with Gasteiger partial charge in [0.2, 0.25) is 0 Å². The molecule has 1 aliphatic heterocycles. The molecule has 3 atom stereocenters. The van der Waals surface area contributed by atoms with Gasteiger partial charge in [-0.05, 0) is 41.7 Å². The Kier molecular flexibility index (Phi) is 3.90. The second-order valence-electron chi connectivity index (χ2n) is 6.41. The Morgan fingerprint density at radius 2 is 1.84 bits per heavy atom. The van der Waals surface area contributed by atoms with E-state index >= 15 is 0 Å². The van der Waals surface area contributed by atoms with E-state index in [2.05, 4.69) is 21.2 Å². The molecule has 1 N–H and O–H groups in total. The average molecular weight is 412 g/mol. The van der Waals surface area contributed by atoms with Gasteiger partial charge in [-0.2, -0.15) is 13.2 Å². The average Bonchev–Trinajstić information content (AvgIpc) is 3.03. The molecule has 0 spiro atoms. The zero-order valence-electron chi connectivity index (χ0n) is 12.9. The molecular weight excluding hydrogens is 398 g/mol. The van der Waals surface area contributed by atoms with E-state index in [4.69, 9.17) is 0 Å². The predicted molar refractivity (Wildman–Crippen MR) is 91.9 cm³/mol. The van der Waals surface area contributed by atoms with Crippen LogP contribution in [0.4, 0.5) is 23.2 Å². The van der Waals surface area contributed by atoms with Crippen molar-refractivity contribution in [3.8, 4) is 0 Å². The first kappa shape index (κ1) is 16.6. The lowest BCUT2D eigenvalue weighted by Crippen LogP contribution is -2.31. The third-order valence-corrected chi connectivity index (χ3v) is 5.44. The second-order valence-corrected chi connectivity index (χ2v) is 7.33. The minimum Gasteiger partial charge on any atom is -0.375 e. The first-order chi connectivity index (χ1) is 11.9. The Labute approximate surface area is 150 Å². The summed E-state index contributed by atoms with van der Waals surface area (Å²) in [5.41, 5.74) is 0.574. The van der Waals surface area contributed by atoms with Crippen LogP contribution in [0.25, 0.3) is 0 Å². The molecular formula is C19H14BrF4N. The molecule has 0 fully saturated rings. The summed E-state index contributed by atoms with van der Waals surface area (Å²) in [7, 11) is 0. The molecule has 0 unspecified atom stereocenters. The van der Waals surface area contributed by atoms with E-state index in [-0.39, 0.29) is 23.1 Å². The minimum absolute atomic E-state index is 0.0790. The highest BCUT2D eigenvalue weighted by Crippen LogP contribution is 2.52. The van der Waals surface area contributed by atoms with Gasteiger partial charge in [-0.3, -0.25) is 0 Å². The molecule has 25 heavy (non-hydrogen) atoms. The first-order valence-electron chi connectivity index (χ1n) is 7.94. The summed E-state index contributed by atoms with van der Waals surface area (Å²) in [6.45, 7) is 0. The monoisotopic (exact) mass is 411 g/mol. The molecule has 0 radical (unpaired) electrons. The SMILES string of the molecule is Fc1cc(Br)cc2c1N[C@H](c1ccccc1C(F)(F)F)[C@@H]1CC=C[C@@H]21. The van der Waals surface area contributed by atoms with Crippen LogP contribution in [0.5, 0.6) is 0 Å². The van der Waals surface area contributed by atoms with Crippen molar-refractivity contribution in [3.05, 3.63) is 75.5 Å². The maximum atomic E-state index is 14.5. The standard InChI is InChI=1S/C19H14BrF4N/c20-10-8-14-11-5-3-6-12(11)17(25-18(14)16(21)9-10)13-4-1-2-7-15(13)19(22,23)24/h1-5,7-9,11-12,17,25H,6H2/t11-,12-,17+/m1/s1. The topological polar surface area (TPSA) is 12.0 Å². The highest BCUT2D eigenvalue weighted by atomic mass is 79.9. The summed E-state index contributed by atoms with van der Waals surface area (Å²) in [4.78, 5) is 0. The van der Waals surface area contributed by atoms with Gasteiger partial charge in [0.25, 0.3) is 0 Å². The predicted octanol–water partition coefficient (Wildman–Crippen LogP) is 6.43. The number of fused-ring (bicyclic) bond motifs is 3. The number of allylic oxidation sites excluding steroid dienone is 2. The number of hydrogen-bond donors (Lipinski definition) is 1. The van der Waals surface area contributed by atoms with Crippen LogP contribution in [-0.4, -0.2) is 0 Å². The molecule has 0 saturated heterocycles. The maximum Gasteiger partial charge on any atom is 0.416 e. The zero-order chi connectivity index (χ0) is 17.8. The smallest absolute Gasteiger partial charge is 0.375 e. The van der Waals surface area contributed by atoms with E-state index in [1.807, 2.05) is 18.2 Å². The molecule has 2 aliphatic rings. The Hall–Kier alpha value is -1.82. The van der Waals surface area contributed by atoms with Crippen LogP contribution in [0.15, 0.2) is 53.0 Å². The summed E-state index contributed by atoms with van der Waals surface area (Å²) in [6, 6.07) is 8.12. The molecule has 1 nitrogen and oxygen atoms in total. The van der Waals surface area contributed by atoms with E-state index in [0.29, 0.717) is 10.9 Å². The number of alkyl halides is 3. The molecule has 0 saturated carbocycles. The molecule has 0 bridgehead atoms. The van der Waals surface area contributed by atoms with Gasteiger partial charge in [-0.1, -0.05) is 46.3 Å². The number of nitrogens with one attached hydrogen (secondary N) is 1. The van der Waals surface area contributed by atoms with Gasteiger partial charge in [0.1, 0.15) is 5.82 Å². The third kappa shape index (κ3) is 2.76. The molecule has 0 aromatic heterocycles. The van der Waals surface area contributed by atoms with Crippen LogP contribution >= 0.6 is 15.9 Å². The van der Waals surface area contributed by atoms with E-state index in [1.165, 1.54) is 18.2 Å². The Bertz CT molecular complexity index is 859. The summed E-state index contributed by atoms with van der Waals surface area (Å²) >= 11 is 3.30. The first-order valence-corrected chi connectivity index (χ1v) is 8.74. The van der Waals surface area contributed by atoms with Crippen LogP contribution in [0.3, 0.4) is 0 Å². The lowest BCUT2D eigenvalue weighted by Gasteiger charge is -2.38. The largest absolute Gasteiger partial charge is 0.416 e. The van der Waals surface area contributed by atoms with Gasteiger partial charge >= 0.3 is 6.18 Å². The molecule has 0 amide bonds. The van der Waals surface area contributed by atoms with Gasteiger partial charge in [0.05, 0.1) is 17.3 Å². The molecule has 4 rings (SSSR count). The van der Waals surface area contributed by atoms with Crippen LogP contribution in [0.1, 0.15) is 35.1 Å². The Balaban J connectivity index is 1.86. The third-order valence-electron chi connectivity index (χ3n) is 4.99. The normalized spacial score (nSPS) is 24.6. The Morgan fingerprint density at radius 3 is 2.60 bits per heavy atom.